The van der Waals surface area contributed by atoms with E-state index in [1.165, 1.54) is 244 Å². The second-order valence-electron chi connectivity index (χ2n) is 15.2. The summed E-state index contributed by atoms with van der Waals surface area (Å²) in [5.74, 6) is 1.62. The largest absolute Gasteiger partial charge is 0.256 e. The van der Waals surface area contributed by atoms with E-state index in [0.717, 1.165) is 0 Å². The van der Waals surface area contributed by atoms with E-state index in [4.69, 9.17) is 0 Å². The van der Waals surface area contributed by atoms with Gasteiger partial charge in [-0.2, -0.15) is 0 Å². The number of imidazole rings is 1. The number of unbranched alkanes of at least 4 members (excludes halogenated alkanes) is 32. The molecule has 272 valence electrons. The van der Waals surface area contributed by atoms with Crippen molar-refractivity contribution in [3.8, 4) is 0 Å². The molecule has 2 nitrogen and oxygen atoms in total. The summed E-state index contributed by atoms with van der Waals surface area (Å²) in [7, 11) is 0. The Hall–Kier alpha value is -0.790. The topological polar surface area (TPSA) is 8.81 Å². The lowest BCUT2D eigenvalue weighted by Gasteiger charge is -2.07. The summed E-state index contributed by atoms with van der Waals surface area (Å²) in [5.41, 5.74) is 0. The van der Waals surface area contributed by atoms with Crippen LogP contribution in [0.15, 0.2) is 12.4 Å². The van der Waals surface area contributed by atoms with Gasteiger partial charge in [0.05, 0.1) is 13.1 Å². The Balaban J connectivity index is 2.12. The molecule has 0 N–H and O–H groups in total. The lowest BCUT2D eigenvalue weighted by Crippen LogP contribution is -2.37. The molecule has 46 heavy (non-hydrogen) atoms. The monoisotopic (exact) mass is 644 g/mol. The van der Waals surface area contributed by atoms with Gasteiger partial charge in [0.15, 0.2) is 0 Å². The minimum Gasteiger partial charge on any atom is -0.234 e. The Kier molecular flexibility index (Phi) is 33.4. The molecular formula is C44H87N2+. The van der Waals surface area contributed by atoms with E-state index in [9.17, 15) is 0 Å². The van der Waals surface area contributed by atoms with Crippen molar-refractivity contribution in [2.45, 2.75) is 265 Å². The standard InChI is InChI=1S/C44H87N2/c1-4-7-10-13-15-17-19-21-23-24-25-26-28-30-32-34-36-39-44-45(40-37-12-9-6-3)42-43-46(44)41-38-35-33-31-29-27-22-20-18-16-14-11-8-5-2/h42-43H,4-41H2,1-3H3/q+1. The van der Waals surface area contributed by atoms with Crippen LogP contribution in [0.3, 0.4) is 0 Å². The molecule has 0 amide bonds. The zero-order chi connectivity index (χ0) is 33.0. The summed E-state index contributed by atoms with van der Waals surface area (Å²) < 4.78 is 5.25. The zero-order valence-electron chi connectivity index (χ0n) is 32.4. The van der Waals surface area contributed by atoms with Gasteiger partial charge in [-0.05, 0) is 32.1 Å². The molecule has 0 atom stereocenters. The van der Waals surface area contributed by atoms with Crippen molar-refractivity contribution >= 4 is 0 Å². The number of rotatable bonds is 38. The van der Waals surface area contributed by atoms with Crippen LogP contribution < -0.4 is 4.57 Å². The first-order valence-corrected chi connectivity index (χ1v) is 21.9. The van der Waals surface area contributed by atoms with E-state index in [2.05, 4.69) is 42.3 Å². The first-order chi connectivity index (χ1) is 22.8. The number of hydrogen-bond donors (Lipinski definition) is 0. The van der Waals surface area contributed by atoms with Crippen LogP contribution in [0.1, 0.15) is 251 Å². The molecule has 0 unspecified atom stereocenters. The maximum atomic E-state index is 2.63. The molecule has 1 aromatic heterocycles. The van der Waals surface area contributed by atoms with E-state index in [1.54, 1.807) is 5.82 Å². The quantitative estimate of drug-likeness (QED) is 0.0501. The maximum Gasteiger partial charge on any atom is 0.256 e. The van der Waals surface area contributed by atoms with Gasteiger partial charge >= 0.3 is 0 Å². The highest BCUT2D eigenvalue weighted by Crippen LogP contribution is 2.16. The molecule has 2 heteroatoms. The van der Waals surface area contributed by atoms with Gasteiger partial charge in [0.1, 0.15) is 12.4 Å². The molecule has 0 fully saturated rings. The average Bonchev–Trinajstić information content (AvgIpc) is 3.45. The zero-order valence-corrected chi connectivity index (χ0v) is 32.4. The van der Waals surface area contributed by atoms with Crippen molar-refractivity contribution in [2.24, 2.45) is 0 Å². The number of hydrogen-bond acceptors (Lipinski definition) is 0. The molecule has 1 heterocycles. The van der Waals surface area contributed by atoms with Crippen LogP contribution in [-0.2, 0) is 19.5 Å². The summed E-state index contributed by atoms with van der Waals surface area (Å²) in [6.07, 6.45) is 56.4. The lowest BCUT2D eigenvalue weighted by molar-refractivity contribution is -0.704. The molecule has 0 bridgehead atoms. The molecule has 0 aliphatic heterocycles. The fourth-order valence-electron chi connectivity index (χ4n) is 7.39. The van der Waals surface area contributed by atoms with Gasteiger partial charge < -0.3 is 0 Å². The number of aromatic nitrogens is 2. The van der Waals surface area contributed by atoms with Gasteiger partial charge in [-0.25, -0.2) is 9.13 Å². The molecule has 0 aliphatic carbocycles. The van der Waals surface area contributed by atoms with Crippen LogP contribution in [0, 0.1) is 0 Å². The minimum absolute atomic E-state index is 1.22. The fraction of sp³-hybridized carbons (Fsp3) is 0.932. The Morgan fingerprint density at radius 2 is 0.674 bits per heavy atom. The summed E-state index contributed by atoms with van der Waals surface area (Å²) in [6.45, 7) is 9.40. The fourth-order valence-corrected chi connectivity index (χ4v) is 7.39. The molecule has 0 radical (unpaired) electrons. The average molecular weight is 644 g/mol. The molecule has 0 aliphatic rings. The Bertz CT molecular complexity index is 707. The molecule has 1 aromatic rings. The molecule has 0 saturated heterocycles. The maximum absolute atomic E-state index is 2.63. The highest BCUT2D eigenvalue weighted by Gasteiger charge is 2.16. The summed E-state index contributed by atoms with van der Waals surface area (Å²) >= 11 is 0. The SMILES string of the molecule is CCCCCCCCCCCCCCCCCCCc1n(CCCCCC)cc[n+]1CCCCCCCCCCCCCCCC. The van der Waals surface area contributed by atoms with Crippen LogP contribution in [0.4, 0.5) is 0 Å². The smallest absolute Gasteiger partial charge is 0.234 e. The van der Waals surface area contributed by atoms with Gasteiger partial charge in [-0.3, -0.25) is 0 Å². The van der Waals surface area contributed by atoms with Gasteiger partial charge in [0.2, 0.25) is 0 Å². The second kappa shape index (κ2) is 35.5. The lowest BCUT2D eigenvalue weighted by atomic mass is 10.0. The molecule has 0 aromatic carbocycles. The van der Waals surface area contributed by atoms with Crippen molar-refractivity contribution in [2.75, 3.05) is 0 Å². The van der Waals surface area contributed by atoms with Crippen molar-refractivity contribution in [1.29, 1.82) is 0 Å². The second-order valence-corrected chi connectivity index (χ2v) is 15.2. The molecule has 0 saturated carbocycles. The van der Waals surface area contributed by atoms with Crippen LogP contribution in [0.5, 0.6) is 0 Å². The molecule has 0 spiro atoms. The summed E-state index contributed by atoms with van der Waals surface area (Å²) in [6, 6.07) is 0. The number of nitrogens with zero attached hydrogens (tertiary/aromatic N) is 2. The third kappa shape index (κ3) is 27.2. The third-order valence-corrected chi connectivity index (χ3v) is 10.6. The first kappa shape index (κ1) is 43.2. The third-order valence-electron chi connectivity index (χ3n) is 10.6. The van der Waals surface area contributed by atoms with Crippen molar-refractivity contribution < 1.29 is 4.57 Å². The summed E-state index contributed by atoms with van der Waals surface area (Å²) in [4.78, 5) is 0. The Morgan fingerprint density at radius 1 is 0.370 bits per heavy atom. The predicted molar refractivity (Wildman–Crippen MR) is 207 cm³/mol. The van der Waals surface area contributed by atoms with Gasteiger partial charge in [0, 0.05) is 6.42 Å². The molecular weight excluding hydrogens is 556 g/mol. The van der Waals surface area contributed by atoms with Gasteiger partial charge in [0.25, 0.3) is 5.82 Å². The van der Waals surface area contributed by atoms with Crippen molar-refractivity contribution in [1.82, 2.24) is 4.57 Å². The van der Waals surface area contributed by atoms with E-state index < -0.39 is 0 Å². The van der Waals surface area contributed by atoms with E-state index in [1.807, 2.05) is 0 Å². The highest BCUT2D eigenvalue weighted by atomic mass is 15.1. The van der Waals surface area contributed by atoms with E-state index in [0.29, 0.717) is 0 Å². The van der Waals surface area contributed by atoms with Crippen LogP contribution >= 0.6 is 0 Å². The molecule has 1 rings (SSSR count). The van der Waals surface area contributed by atoms with Crippen LogP contribution in [0.25, 0.3) is 0 Å². The van der Waals surface area contributed by atoms with Crippen LogP contribution in [0.2, 0.25) is 0 Å². The van der Waals surface area contributed by atoms with Crippen molar-refractivity contribution in [3.05, 3.63) is 18.2 Å². The Labute approximate surface area is 291 Å². The van der Waals surface area contributed by atoms with E-state index >= 15 is 0 Å². The van der Waals surface area contributed by atoms with Crippen molar-refractivity contribution in [3.63, 3.8) is 0 Å². The van der Waals surface area contributed by atoms with Gasteiger partial charge in [-0.1, -0.05) is 213 Å². The van der Waals surface area contributed by atoms with E-state index in [-0.39, 0.29) is 0 Å². The minimum atomic E-state index is 1.22. The van der Waals surface area contributed by atoms with Gasteiger partial charge in [-0.15, -0.1) is 0 Å². The Morgan fingerprint density at radius 3 is 1.04 bits per heavy atom. The summed E-state index contributed by atoms with van der Waals surface area (Å²) in [5, 5.41) is 0. The highest BCUT2D eigenvalue weighted by molar-refractivity contribution is 4.84. The number of aryl methyl sites for hydroxylation is 2. The predicted octanol–water partition coefficient (Wildman–Crippen LogP) is 15.0. The first-order valence-electron chi connectivity index (χ1n) is 21.9. The van der Waals surface area contributed by atoms with Crippen LogP contribution in [-0.4, -0.2) is 4.57 Å². The normalized spacial score (nSPS) is 11.6.